The van der Waals surface area contributed by atoms with Crippen LogP contribution in [0.4, 0.5) is 0 Å². The van der Waals surface area contributed by atoms with Gasteiger partial charge in [0.15, 0.2) is 11.5 Å². The van der Waals surface area contributed by atoms with Crippen molar-refractivity contribution in [2.24, 2.45) is 0 Å². The van der Waals surface area contributed by atoms with Crippen LogP contribution in [0, 0.1) is 41.5 Å². The number of benzene rings is 5. The number of aromatic carboxylic acids is 1. The van der Waals surface area contributed by atoms with E-state index in [1.807, 2.05) is 69.3 Å². The standard InChI is InChI=1S/C45H46O10/c1-25-28(4)41(30(6)42(49-7)37(25)44(46)47)55-45(48)38-26(2)27(3)40(29(5)43(38)50-8)52-21-15-20-51-34-23-36-35(53-24-54-36)22-33(34)39(31-16-11-9-12-17-31)32-18-13-10-14-19-32/h9-14,16-19,22-23,39H,15,20-21,24H2,1-8H3,(H,46,47). The summed E-state index contributed by atoms with van der Waals surface area (Å²) in [6.45, 7) is 11.4. The van der Waals surface area contributed by atoms with Crippen molar-refractivity contribution in [1.29, 1.82) is 0 Å². The Kier molecular flexibility index (Phi) is 11.5. The molecule has 0 radical (unpaired) electrons. The molecule has 0 spiro atoms. The Hall–Kier alpha value is -6.16. The summed E-state index contributed by atoms with van der Waals surface area (Å²) < 4.78 is 41.6. The Bertz CT molecular complexity index is 2190. The van der Waals surface area contributed by atoms with E-state index in [1.165, 1.54) is 14.2 Å². The molecule has 0 saturated carbocycles. The fraction of sp³-hybridized carbons (Fsp3) is 0.289. The third-order valence-electron chi connectivity index (χ3n) is 10.3. The third-order valence-corrected chi connectivity index (χ3v) is 10.3. The smallest absolute Gasteiger partial charge is 0.347 e. The highest BCUT2D eigenvalue weighted by molar-refractivity contribution is 5.99. The summed E-state index contributed by atoms with van der Waals surface area (Å²) >= 11 is 0. The van der Waals surface area contributed by atoms with Crippen molar-refractivity contribution < 1.29 is 47.9 Å². The van der Waals surface area contributed by atoms with Crippen LogP contribution in [-0.4, -0.2) is 51.3 Å². The van der Waals surface area contributed by atoms with Gasteiger partial charge in [0.1, 0.15) is 39.9 Å². The second-order valence-electron chi connectivity index (χ2n) is 13.5. The van der Waals surface area contributed by atoms with Gasteiger partial charge in [0.2, 0.25) is 6.79 Å². The van der Waals surface area contributed by atoms with Gasteiger partial charge in [-0.15, -0.1) is 0 Å². The number of hydrogen-bond donors (Lipinski definition) is 1. The second-order valence-corrected chi connectivity index (χ2v) is 13.5. The Balaban J connectivity index is 1.21. The number of rotatable bonds is 14. The molecule has 10 heteroatoms. The van der Waals surface area contributed by atoms with Crippen LogP contribution in [0.25, 0.3) is 0 Å². The van der Waals surface area contributed by atoms with Gasteiger partial charge in [0, 0.05) is 35.1 Å². The van der Waals surface area contributed by atoms with Crippen LogP contribution in [0.15, 0.2) is 72.8 Å². The maximum absolute atomic E-state index is 13.9. The highest BCUT2D eigenvalue weighted by Crippen LogP contribution is 2.45. The van der Waals surface area contributed by atoms with Gasteiger partial charge >= 0.3 is 11.9 Å². The molecule has 0 fully saturated rings. The average Bonchev–Trinajstić information content (AvgIpc) is 3.65. The van der Waals surface area contributed by atoms with Gasteiger partial charge in [0.25, 0.3) is 0 Å². The maximum Gasteiger partial charge on any atom is 0.347 e. The molecular formula is C45H46O10. The van der Waals surface area contributed by atoms with Crippen molar-refractivity contribution in [3.8, 4) is 40.2 Å². The Morgan fingerprint density at radius 3 is 1.73 bits per heavy atom. The molecule has 10 nitrogen and oxygen atoms in total. The molecule has 286 valence electrons. The first kappa shape index (κ1) is 38.6. The maximum atomic E-state index is 13.9. The largest absolute Gasteiger partial charge is 0.495 e. The van der Waals surface area contributed by atoms with E-state index in [9.17, 15) is 14.7 Å². The zero-order valence-electron chi connectivity index (χ0n) is 32.5. The molecule has 0 aromatic heterocycles. The summed E-state index contributed by atoms with van der Waals surface area (Å²) in [6, 6.07) is 24.5. The molecule has 0 bridgehead atoms. The summed E-state index contributed by atoms with van der Waals surface area (Å²) in [6.07, 6.45) is 0.561. The Morgan fingerprint density at radius 2 is 1.15 bits per heavy atom. The van der Waals surface area contributed by atoms with Gasteiger partial charge in [-0.2, -0.15) is 0 Å². The van der Waals surface area contributed by atoms with Crippen molar-refractivity contribution >= 4 is 11.9 Å². The predicted octanol–water partition coefficient (Wildman–Crippen LogP) is 9.23. The third kappa shape index (κ3) is 7.49. The van der Waals surface area contributed by atoms with E-state index in [0.29, 0.717) is 76.2 Å². The van der Waals surface area contributed by atoms with E-state index in [-0.39, 0.29) is 35.3 Å². The van der Waals surface area contributed by atoms with Gasteiger partial charge in [-0.05, 0) is 81.0 Å². The monoisotopic (exact) mass is 746 g/mol. The number of carbonyl (C=O) groups is 2. The van der Waals surface area contributed by atoms with Crippen LogP contribution in [-0.2, 0) is 0 Å². The molecular weight excluding hydrogens is 700 g/mol. The quantitative estimate of drug-likeness (QED) is 0.0510. The van der Waals surface area contributed by atoms with E-state index in [4.69, 9.17) is 33.2 Å². The number of hydrogen-bond acceptors (Lipinski definition) is 9. The Morgan fingerprint density at radius 1 is 0.636 bits per heavy atom. The molecule has 6 rings (SSSR count). The lowest BCUT2D eigenvalue weighted by molar-refractivity contribution is 0.0692. The van der Waals surface area contributed by atoms with Gasteiger partial charge in [0.05, 0.1) is 27.4 Å². The normalized spacial score (nSPS) is 11.7. The van der Waals surface area contributed by atoms with Crippen molar-refractivity contribution in [2.75, 3.05) is 34.2 Å². The minimum Gasteiger partial charge on any atom is -0.495 e. The summed E-state index contributed by atoms with van der Waals surface area (Å²) in [5.41, 5.74) is 6.94. The van der Waals surface area contributed by atoms with E-state index in [0.717, 1.165) is 22.3 Å². The fourth-order valence-corrected chi connectivity index (χ4v) is 7.27. The molecule has 1 aliphatic rings. The van der Waals surface area contributed by atoms with Gasteiger partial charge in [-0.1, -0.05) is 60.7 Å². The number of ether oxygens (including phenoxy) is 7. The summed E-state index contributed by atoms with van der Waals surface area (Å²) in [5.74, 6) is 1.48. The van der Waals surface area contributed by atoms with E-state index in [1.54, 1.807) is 20.8 Å². The number of fused-ring (bicyclic) bond motifs is 1. The van der Waals surface area contributed by atoms with E-state index in [2.05, 4.69) is 24.3 Å². The first-order valence-electron chi connectivity index (χ1n) is 18.1. The van der Waals surface area contributed by atoms with Crippen LogP contribution >= 0.6 is 0 Å². The van der Waals surface area contributed by atoms with Crippen LogP contribution in [0.3, 0.4) is 0 Å². The van der Waals surface area contributed by atoms with Crippen LogP contribution < -0.4 is 33.2 Å². The SMILES string of the molecule is COc1c(C)c(OC(=O)c2c(C)c(C)c(OCCCOc3cc4c(cc3C(c3ccccc3)c3ccccc3)OCO4)c(C)c2OC)c(C)c(C)c1C(=O)O. The van der Waals surface area contributed by atoms with E-state index < -0.39 is 11.9 Å². The zero-order valence-corrected chi connectivity index (χ0v) is 32.5. The summed E-state index contributed by atoms with van der Waals surface area (Å²) in [5, 5.41) is 9.82. The predicted molar refractivity (Wildman–Crippen MR) is 208 cm³/mol. The number of esters is 1. The topological polar surface area (TPSA) is 119 Å². The van der Waals surface area contributed by atoms with Crippen LogP contribution in [0.2, 0.25) is 0 Å². The minimum absolute atomic E-state index is 0.0320. The number of carbonyl (C=O) groups excluding carboxylic acids is 1. The van der Waals surface area contributed by atoms with E-state index >= 15 is 0 Å². The van der Waals surface area contributed by atoms with Crippen molar-refractivity contribution in [2.45, 2.75) is 53.9 Å². The number of carboxylic acids is 1. The van der Waals surface area contributed by atoms with Gasteiger partial charge in [-0.25, -0.2) is 9.59 Å². The molecule has 1 aliphatic heterocycles. The molecule has 1 heterocycles. The number of carboxylic acid groups (broad SMARTS) is 1. The molecule has 5 aromatic rings. The van der Waals surface area contributed by atoms with Crippen LogP contribution in [0.1, 0.15) is 83.1 Å². The lowest BCUT2D eigenvalue weighted by Crippen LogP contribution is -2.17. The highest BCUT2D eigenvalue weighted by atomic mass is 16.7. The molecule has 1 N–H and O–H groups in total. The first-order valence-corrected chi connectivity index (χ1v) is 18.1. The van der Waals surface area contributed by atoms with Crippen molar-refractivity contribution in [1.82, 2.24) is 0 Å². The first-order chi connectivity index (χ1) is 26.5. The van der Waals surface area contributed by atoms with Gasteiger partial charge < -0.3 is 38.3 Å². The van der Waals surface area contributed by atoms with Gasteiger partial charge in [-0.3, -0.25) is 0 Å². The molecule has 0 atom stereocenters. The van der Waals surface area contributed by atoms with Crippen molar-refractivity contribution in [3.63, 3.8) is 0 Å². The molecule has 0 saturated heterocycles. The average molecular weight is 747 g/mol. The molecule has 55 heavy (non-hydrogen) atoms. The summed E-state index contributed by atoms with van der Waals surface area (Å²) in [7, 11) is 2.89. The molecule has 0 aliphatic carbocycles. The highest BCUT2D eigenvalue weighted by Gasteiger charge is 2.30. The fourth-order valence-electron chi connectivity index (χ4n) is 7.27. The van der Waals surface area contributed by atoms with Crippen LogP contribution in [0.5, 0.6) is 40.2 Å². The zero-order chi connectivity index (χ0) is 39.4. The lowest BCUT2D eigenvalue weighted by Gasteiger charge is -2.23. The Labute approximate surface area is 321 Å². The molecule has 0 unspecified atom stereocenters. The second kappa shape index (κ2) is 16.5. The lowest BCUT2D eigenvalue weighted by atomic mass is 9.84. The van der Waals surface area contributed by atoms with Crippen molar-refractivity contribution in [3.05, 3.63) is 134 Å². The number of methoxy groups -OCH3 is 2. The summed E-state index contributed by atoms with van der Waals surface area (Å²) in [4.78, 5) is 25.9. The molecule has 5 aromatic carbocycles. The molecule has 0 amide bonds. The minimum atomic E-state index is -1.12.